The van der Waals surface area contributed by atoms with E-state index < -0.39 is 0 Å². The summed E-state index contributed by atoms with van der Waals surface area (Å²) in [5.74, 6) is 0.561. The van der Waals surface area contributed by atoms with Gasteiger partial charge in [-0.15, -0.1) is 0 Å². The summed E-state index contributed by atoms with van der Waals surface area (Å²) in [7, 11) is 0. The number of carbonyl (C=O) groups is 1. The minimum Gasteiger partial charge on any atom is -0.352 e. The number of fused-ring (bicyclic) bond motifs is 1. The lowest BCUT2D eigenvalue weighted by Crippen LogP contribution is -2.38. The van der Waals surface area contributed by atoms with Crippen LogP contribution in [0.15, 0.2) is 10.9 Å². The van der Waals surface area contributed by atoms with Crippen LogP contribution in [0.3, 0.4) is 0 Å². The van der Waals surface area contributed by atoms with Gasteiger partial charge in [-0.25, -0.2) is 4.68 Å². The molecule has 1 heterocycles. The Hall–Kier alpha value is -1.65. The minimum absolute atomic E-state index is 0.0145. The summed E-state index contributed by atoms with van der Waals surface area (Å²) in [5, 5.41) is 7.43. The van der Waals surface area contributed by atoms with E-state index in [9.17, 15) is 9.59 Å². The fourth-order valence-electron chi connectivity index (χ4n) is 3.25. The lowest BCUT2D eigenvalue weighted by Gasteiger charge is -2.15. The van der Waals surface area contributed by atoms with Gasteiger partial charge in [-0.2, -0.15) is 5.10 Å². The van der Waals surface area contributed by atoms with Crippen molar-refractivity contribution in [1.29, 1.82) is 0 Å². The van der Waals surface area contributed by atoms with E-state index in [0.717, 1.165) is 49.8 Å². The molecule has 1 aromatic rings. The third-order valence-corrected chi connectivity index (χ3v) is 4.64. The van der Waals surface area contributed by atoms with Gasteiger partial charge in [-0.05, 0) is 50.5 Å². The Labute approximate surface area is 144 Å². The normalized spacial score (nSPS) is 15.7. The molecule has 1 N–H and O–H groups in total. The second-order valence-corrected chi connectivity index (χ2v) is 7.47. The summed E-state index contributed by atoms with van der Waals surface area (Å²) < 4.78 is 1.32. The van der Waals surface area contributed by atoms with Gasteiger partial charge in [-0.3, -0.25) is 9.59 Å². The van der Waals surface area contributed by atoms with E-state index in [1.807, 2.05) is 6.92 Å². The van der Waals surface area contributed by atoms with Crippen molar-refractivity contribution in [2.24, 2.45) is 5.92 Å². The molecule has 5 nitrogen and oxygen atoms in total. The molecular formula is C19H31N3O2. The van der Waals surface area contributed by atoms with Crippen molar-refractivity contribution in [2.45, 2.75) is 84.7 Å². The van der Waals surface area contributed by atoms with Gasteiger partial charge in [-0.1, -0.05) is 33.1 Å². The fourth-order valence-corrected chi connectivity index (χ4v) is 3.25. The van der Waals surface area contributed by atoms with E-state index in [1.54, 1.807) is 6.07 Å². The lowest BCUT2D eigenvalue weighted by atomic mass is 10.0. The minimum atomic E-state index is -0.168. The van der Waals surface area contributed by atoms with Crippen LogP contribution in [0.5, 0.6) is 0 Å². The summed E-state index contributed by atoms with van der Waals surface area (Å²) in [6, 6.07) is 1.81. The highest BCUT2D eigenvalue weighted by molar-refractivity contribution is 5.75. The molecule has 0 fully saturated rings. The van der Waals surface area contributed by atoms with E-state index in [4.69, 9.17) is 0 Å². The lowest BCUT2D eigenvalue weighted by molar-refractivity contribution is -0.122. The Kier molecular flexibility index (Phi) is 7.00. The van der Waals surface area contributed by atoms with E-state index in [2.05, 4.69) is 24.3 Å². The number of hydrogen-bond donors (Lipinski definition) is 1. The van der Waals surface area contributed by atoms with Gasteiger partial charge < -0.3 is 5.32 Å². The van der Waals surface area contributed by atoms with Gasteiger partial charge in [0.05, 0.1) is 5.69 Å². The molecule has 0 spiro atoms. The molecule has 1 atom stereocenters. The van der Waals surface area contributed by atoms with Crippen molar-refractivity contribution in [3.8, 4) is 0 Å². The molecular weight excluding hydrogens is 302 g/mol. The third-order valence-electron chi connectivity index (χ3n) is 4.64. The monoisotopic (exact) mass is 333 g/mol. The standard InChI is InChI=1S/C19H31N3O2/c1-14(2)8-7-9-15(3)20-18(23)13-22-19(24)12-16-10-5-4-6-11-17(16)21-22/h12,14-15H,4-11,13H2,1-3H3,(H,20,23)/t15-/m0/s1. The van der Waals surface area contributed by atoms with Crippen LogP contribution in [0.4, 0.5) is 0 Å². The summed E-state index contributed by atoms with van der Waals surface area (Å²) in [6.07, 6.45) is 8.49. The predicted molar refractivity (Wildman–Crippen MR) is 96.0 cm³/mol. The molecule has 0 aromatic carbocycles. The SMILES string of the molecule is CC(C)CCC[C@H](C)NC(=O)Cn1nc2c(cc1=O)CCCCC2. The Morgan fingerprint density at radius 2 is 1.96 bits per heavy atom. The zero-order chi connectivity index (χ0) is 17.5. The zero-order valence-electron chi connectivity index (χ0n) is 15.3. The molecule has 0 aliphatic heterocycles. The van der Waals surface area contributed by atoms with Crippen molar-refractivity contribution in [1.82, 2.24) is 15.1 Å². The largest absolute Gasteiger partial charge is 0.352 e. The average Bonchev–Trinajstić information content (AvgIpc) is 2.72. The van der Waals surface area contributed by atoms with Gasteiger partial charge in [0.2, 0.25) is 5.91 Å². The molecule has 0 saturated heterocycles. The molecule has 0 saturated carbocycles. The highest BCUT2D eigenvalue weighted by atomic mass is 16.2. The van der Waals surface area contributed by atoms with E-state index in [0.29, 0.717) is 5.92 Å². The van der Waals surface area contributed by atoms with Crippen LogP contribution in [-0.4, -0.2) is 21.7 Å². The Bertz CT molecular complexity index is 607. The van der Waals surface area contributed by atoms with Gasteiger partial charge in [0.1, 0.15) is 6.54 Å². The Morgan fingerprint density at radius 1 is 1.21 bits per heavy atom. The molecule has 1 aliphatic rings. The topological polar surface area (TPSA) is 64.0 Å². The second-order valence-electron chi connectivity index (χ2n) is 7.47. The van der Waals surface area contributed by atoms with Crippen molar-refractivity contribution in [3.63, 3.8) is 0 Å². The van der Waals surface area contributed by atoms with Gasteiger partial charge in [0.15, 0.2) is 0 Å². The number of amides is 1. The molecule has 0 unspecified atom stereocenters. The molecule has 0 radical (unpaired) electrons. The van der Waals surface area contributed by atoms with Crippen LogP contribution >= 0.6 is 0 Å². The Balaban J connectivity index is 1.91. The van der Waals surface area contributed by atoms with Crippen LogP contribution in [0.1, 0.15) is 70.6 Å². The third kappa shape index (κ3) is 5.77. The highest BCUT2D eigenvalue weighted by Crippen LogP contribution is 2.16. The van der Waals surface area contributed by atoms with E-state index >= 15 is 0 Å². The first-order valence-corrected chi connectivity index (χ1v) is 9.35. The molecule has 1 aromatic heterocycles. The van der Waals surface area contributed by atoms with Gasteiger partial charge in [0.25, 0.3) is 5.56 Å². The van der Waals surface area contributed by atoms with Crippen molar-refractivity contribution >= 4 is 5.91 Å². The first kappa shape index (κ1) is 18.7. The number of aromatic nitrogens is 2. The summed E-state index contributed by atoms with van der Waals surface area (Å²) in [6.45, 7) is 6.45. The molecule has 0 bridgehead atoms. The van der Waals surface area contributed by atoms with E-state index in [1.165, 1.54) is 17.5 Å². The second kappa shape index (κ2) is 9.00. The molecule has 24 heavy (non-hydrogen) atoms. The van der Waals surface area contributed by atoms with Crippen molar-refractivity contribution in [2.75, 3.05) is 0 Å². The average molecular weight is 333 g/mol. The number of nitrogens with zero attached hydrogens (tertiary/aromatic N) is 2. The maximum atomic E-state index is 12.2. The van der Waals surface area contributed by atoms with Crippen molar-refractivity contribution in [3.05, 3.63) is 27.7 Å². The van der Waals surface area contributed by atoms with Crippen LogP contribution in [0, 0.1) is 5.92 Å². The number of hydrogen-bond acceptors (Lipinski definition) is 3. The summed E-state index contributed by atoms with van der Waals surface area (Å²) in [4.78, 5) is 24.4. The van der Waals surface area contributed by atoms with Crippen molar-refractivity contribution < 1.29 is 4.79 Å². The maximum Gasteiger partial charge on any atom is 0.267 e. The zero-order valence-corrected chi connectivity index (χ0v) is 15.3. The predicted octanol–water partition coefficient (Wildman–Crippen LogP) is 2.84. The number of nitrogens with one attached hydrogen (secondary N) is 1. The number of carbonyl (C=O) groups excluding carboxylic acids is 1. The molecule has 1 amide bonds. The number of rotatable bonds is 7. The molecule has 1 aliphatic carbocycles. The Morgan fingerprint density at radius 3 is 2.71 bits per heavy atom. The molecule has 134 valence electrons. The summed E-state index contributed by atoms with van der Waals surface area (Å²) >= 11 is 0. The first-order chi connectivity index (χ1) is 11.5. The number of aryl methyl sites for hydroxylation is 2. The van der Waals surface area contributed by atoms with E-state index in [-0.39, 0.29) is 24.1 Å². The van der Waals surface area contributed by atoms with Crippen LogP contribution in [-0.2, 0) is 24.2 Å². The van der Waals surface area contributed by atoms with Crippen LogP contribution < -0.4 is 10.9 Å². The van der Waals surface area contributed by atoms with Gasteiger partial charge in [0, 0.05) is 12.1 Å². The van der Waals surface area contributed by atoms with Crippen LogP contribution in [0.2, 0.25) is 0 Å². The molecule has 2 rings (SSSR count). The molecule has 5 heteroatoms. The van der Waals surface area contributed by atoms with Crippen LogP contribution in [0.25, 0.3) is 0 Å². The first-order valence-electron chi connectivity index (χ1n) is 9.35. The van der Waals surface area contributed by atoms with Gasteiger partial charge >= 0.3 is 0 Å². The summed E-state index contributed by atoms with van der Waals surface area (Å²) in [5.41, 5.74) is 1.89. The highest BCUT2D eigenvalue weighted by Gasteiger charge is 2.14. The quantitative estimate of drug-likeness (QED) is 0.780. The smallest absolute Gasteiger partial charge is 0.267 e. The maximum absolute atomic E-state index is 12.2. The fraction of sp³-hybridized carbons (Fsp3) is 0.737.